The maximum absolute atomic E-state index is 12.2. The Hall–Kier alpha value is -3.21. The van der Waals surface area contributed by atoms with E-state index in [9.17, 15) is 14.9 Å². The molecule has 1 aliphatic heterocycles. The molecular formula is C19H16N2O3. The van der Waals surface area contributed by atoms with Crippen LogP contribution < -0.4 is 5.32 Å². The smallest absolute Gasteiger partial charge is 0.266 e. The van der Waals surface area contributed by atoms with Gasteiger partial charge in [0.2, 0.25) is 0 Å². The maximum Gasteiger partial charge on any atom is 0.266 e. The lowest BCUT2D eigenvalue weighted by Crippen LogP contribution is -2.44. The minimum absolute atomic E-state index is 0.152. The predicted octanol–water partition coefficient (Wildman–Crippen LogP) is 2.93. The van der Waals surface area contributed by atoms with Crippen molar-refractivity contribution in [1.82, 2.24) is 5.32 Å². The van der Waals surface area contributed by atoms with Gasteiger partial charge in [-0.15, -0.1) is 0 Å². The van der Waals surface area contributed by atoms with Gasteiger partial charge < -0.3 is 5.32 Å². The normalized spacial score (nSPS) is 20.8. The average molecular weight is 320 g/mol. The largest absolute Gasteiger partial charge is 0.348 e. The fourth-order valence-electron chi connectivity index (χ4n) is 2.72. The number of piperidine rings is 1. The maximum atomic E-state index is 12.2. The first kappa shape index (κ1) is 15.7. The Bertz CT molecular complexity index is 811. The van der Waals surface area contributed by atoms with E-state index in [1.807, 2.05) is 60.7 Å². The average Bonchev–Trinajstić information content (AvgIpc) is 2.59. The first-order chi connectivity index (χ1) is 11.6. The molecule has 5 heteroatoms. The number of nitro groups is 1. The monoisotopic (exact) mass is 320 g/mol. The van der Waals surface area contributed by atoms with E-state index in [1.165, 1.54) is 0 Å². The molecule has 1 aliphatic rings. The first-order valence-corrected chi connectivity index (χ1v) is 7.59. The summed E-state index contributed by atoms with van der Waals surface area (Å²) in [6.45, 7) is 0.172. The fraction of sp³-hybridized carbons (Fsp3) is 0.105. The van der Waals surface area contributed by atoms with Gasteiger partial charge >= 0.3 is 0 Å². The van der Waals surface area contributed by atoms with Crippen LogP contribution in [0.2, 0.25) is 0 Å². The fourth-order valence-corrected chi connectivity index (χ4v) is 2.72. The van der Waals surface area contributed by atoms with Crippen molar-refractivity contribution in [2.45, 2.75) is 6.04 Å². The van der Waals surface area contributed by atoms with E-state index in [-0.39, 0.29) is 12.1 Å². The standard InChI is InChI=1S/C19H16N2O3/c22-19-17(12-15-9-5-2-6-10-15)18(21(23)24)16(13-20-19)11-14-7-3-1-4-8-14/h1-12,18H,13H2,(H,20,22). The molecule has 1 N–H and O–H groups in total. The summed E-state index contributed by atoms with van der Waals surface area (Å²) < 4.78 is 0. The molecule has 5 nitrogen and oxygen atoms in total. The van der Waals surface area contributed by atoms with Crippen molar-refractivity contribution in [3.8, 4) is 0 Å². The van der Waals surface area contributed by atoms with Gasteiger partial charge in [0, 0.05) is 17.0 Å². The summed E-state index contributed by atoms with van der Waals surface area (Å²) >= 11 is 0. The van der Waals surface area contributed by atoms with Crippen LogP contribution in [0.3, 0.4) is 0 Å². The third kappa shape index (κ3) is 3.41. The highest BCUT2D eigenvalue weighted by molar-refractivity contribution is 6.01. The van der Waals surface area contributed by atoms with Gasteiger partial charge in [-0.25, -0.2) is 0 Å². The topological polar surface area (TPSA) is 72.2 Å². The molecule has 1 fully saturated rings. The van der Waals surface area contributed by atoms with E-state index in [1.54, 1.807) is 12.2 Å². The molecule has 1 heterocycles. The molecular weight excluding hydrogens is 304 g/mol. The second-order valence-electron chi connectivity index (χ2n) is 5.51. The van der Waals surface area contributed by atoms with Crippen LogP contribution in [0.5, 0.6) is 0 Å². The Kier molecular flexibility index (Phi) is 4.52. The molecule has 1 unspecified atom stereocenters. The molecule has 0 spiro atoms. The summed E-state index contributed by atoms with van der Waals surface area (Å²) in [4.78, 5) is 23.4. The van der Waals surface area contributed by atoms with E-state index in [0.717, 1.165) is 11.1 Å². The molecule has 0 saturated carbocycles. The van der Waals surface area contributed by atoms with Crippen LogP contribution in [0.1, 0.15) is 11.1 Å². The van der Waals surface area contributed by atoms with Gasteiger partial charge in [0.05, 0.1) is 5.57 Å². The van der Waals surface area contributed by atoms with Crippen LogP contribution in [-0.4, -0.2) is 23.4 Å². The van der Waals surface area contributed by atoms with Crippen LogP contribution in [-0.2, 0) is 4.79 Å². The Labute approximate surface area is 139 Å². The lowest BCUT2D eigenvalue weighted by Gasteiger charge is -2.22. The summed E-state index contributed by atoms with van der Waals surface area (Å²) in [5.41, 5.74) is 2.35. The van der Waals surface area contributed by atoms with E-state index < -0.39 is 16.9 Å². The minimum Gasteiger partial charge on any atom is -0.348 e. The van der Waals surface area contributed by atoms with Gasteiger partial charge in [-0.1, -0.05) is 60.7 Å². The molecule has 0 aliphatic carbocycles. The van der Waals surface area contributed by atoms with Crippen LogP contribution >= 0.6 is 0 Å². The Morgan fingerprint density at radius 1 is 0.958 bits per heavy atom. The van der Waals surface area contributed by atoms with Crippen molar-refractivity contribution in [1.29, 1.82) is 0 Å². The van der Waals surface area contributed by atoms with Crippen LogP contribution in [0.15, 0.2) is 71.8 Å². The molecule has 0 aromatic heterocycles. The third-order valence-corrected chi connectivity index (χ3v) is 3.85. The van der Waals surface area contributed by atoms with Crippen molar-refractivity contribution in [3.05, 3.63) is 93.1 Å². The van der Waals surface area contributed by atoms with Crippen LogP contribution in [0.25, 0.3) is 12.2 Å². The summed E-state index contributed by atoms with van der Waals surface area (Å²) in [5, 5.41) is 14.4. The summed E-state index contributed by atoms with van der Waals surface area (Å²) in [6.07, 6.45) is 3.35. The summed E-state index contributed by atoms with van der Waals surface area (Å²) in [5.74, 6) is -0.397. The number of hydrogen-bond donors (Lipinski definition) is 1. The van der Waals surface area contributed by atoms with Crippen molar-refractivity contribution < 1.29 is 9.72 Å². The third-order valence-electron chi connectivity index (χ3n) is 3.85. The molecule has 1 saturated heterocycles. The van der Waals surface area contributed by atoms with Crippen molar-refractivity contribution in [2.24, 2.45) is 0 Å². The SMILES string of the molecule is O=C1NCC(=Cc2ccccc2)C([N+](=O)[O-])C1=Cc1ccccc1. The van der Waals surface area contributed by atoms with Crippen molar-refractivity contribution in [2.75, 3.05) is 6.54 Å². The molecule has 2 aromatic carbocycles. The molecule has 3 rings (SSSR count). The van der Waals surface area contributed by atoms with Crippen molar-refractivity contribution >= 4 is 18.1 Å². The number of carbonyl (C=O) groups is 1. The number of hydrogen-bond acceptors (Lipinski definition) is 3. The minimum atomic E-state index is -1.14. The number of amides is 1. The summed E-state index contributed by atoms with van der Waals surface area (Å²) in [7, 11) is 0. The molecule has 1 atom stereocenters. The number of nitrogens with one attached hydrogen (secondary N) is 1. The highest BCUT2D eigenvalue weighted by Crippen LogP contribution is 2.24. The van der Waals surface area contributed by atoms with Gasteiger partial charge in [-0.05, 0) is 23.3 Å². The van der Waals surface area contributed by atoms with E-state index in [0.29, 0.717) is 5.57 Å². The van der Waals surface area contributed by atoms with E-state index in [2.05, 4.69) is 5.32 Å². The number of rotatable bonds is 3. The van der Waals surface area contributed by atoms with Gasteiger partial charge in [-0.3, -0.25) is 14.9 Å². The number of nitrogens with zero attached hydrogens (tertiary/aromatic N) is 1. The zero-order valence-corrected chi connectivity index (χ0v) is 12.9. The Morgan fingerprint density at radius 2 is 1.50 bits per heavy atom. The predicted molar refractivity (Wildman–Crippen MR) is 92.6 cm³/mol. The van der Waals surface area contributed by atoms with Gasteiger partial charge in [-0.2, -0.15) is 0 Å². The van der Waals surface area contributed by atoms with Gasteiger partial charge in [0.1, 0.15) is 0 Å². The highest BCUT2D eigenvalue weighted by atomic mass is 16.6. The molecule has 0 radical (unpaired) electrons. The van der Waals surface area contributed by atoms with Crippen LogP contribution in [0.4, 0.5) is 0 Å². The lowest BCUT2D eigenvalue weighted by molar-refractivity contribution is -0.501. The second kappa shape index (κ2) is 6.91. The van der Waals surface area contributed by atoms with Crippen molar-refractivity contribution in [3.63, 3.8) is 0 Å². The zero-order valence-electron chi connectivity index (χ0n) is 12.9. The zero-order chi connectivity index (χ0) is 16.9. The van der Waals surface area contributed by atoms with Crippen LogP contribution in [0, 0.1) is 10.1 Å². The number of benzene rings is 2. The molecule has 2 aromatic rings. The number of carbonyl (C=O) groups excluding carboxylic acids is 1. The van der Waals surface area contributed by atoms with Gasteiger partial charge in [0.25, 0.3) is 11.9 Å². The molecule has 1 amide bonds. The molecule has 120 valence electrons. The summed E-state index contributed by atoms with van der Waals surface area (Å²) in [6, 6.07) is 17.4. The molecule has 24 heavy (non-hydrogen) atoms. The first-order valence-electron chi connectivity index (χ1n) is 7.59. The Balaban J connectivity index is 2.04. The van der Waals surface area contributed by atoms with Gasteiger partial charge in [0.15, 0.2) is 0 Å². The van der Waals surface area contributed by atoms with E-state index >= 15 is 0 Å². The quantitative estimate of drug-likeness (QED) is 0.537. The highest BCUT2D eigenvalue weighted by Gasteiger charge is 2.38. The molecule has 0 bridgehead atoms. The second-order valence-corrected chi connectivity index (χ2v) is 5.51. The lowest BCUT2D eigenvalue weighted by atomic mass is 9.91. The Morgan fingerprint density at radius 3 is 2.04 bits per heavy atom. The van der Waals surface area contributed by atoms with E-state index in [4.69, 9.17) is 0 Å².